The van der Waals surface area contributed by atoms with Crippen molar-refractivity contribution in [2.45, 2.75) is 18.7 Å². The molecule has 2 N–H and O–H groups in total. The predicted molar refractivity (Wildman–Crippen MR) is 146 cm³/mol. The van der Waals surface area contributed by atoms with Gasteiger partial charge < -0.3 is 20.0 Å². The summed E-state index contributed by atoms with van der Waals surface area (Å²) in [5, 5.41) is 22.6. The Kier molecular flexibility index (Phi) is 12.2. The highest BCUT2D eigenvalue weighted by atomic mass is 32.2. The molecule has 0 fully saturated rings. The zero-order valence-electron chi connectivity index (χ0n) is 20.8. The Morgan fingerprint density at radius 2 is 1.53 bits per heavy atom. The Balaban J connectivity index is 0.000000493. The minimum Gasteiger partial charge on any atom is -0.478 e. The molecule has 0 saturated carbocycles. The molecule has 0 unspecified atom stereocenters. The molecule has 3 aromatic rings. The number of benzene rings is 3. The third-order valence-corrected chi connectivity index (χ3v) is 6.07. The van der Waals surface area contributed by atoms with E-state index in [1.54, 1.807) is 11.8 Å². The third-order valence-electron chi connectivity index (χ3n) is 5.33. The first kappa shape index (κ1) is 28.6. The summed E-state index contributed by atoms with van der Waals surface area (Å²) in [6.07, 6.45) is 3.20. The molecule has 0 aliphatic carbocycles. The maximum absolute atomic E-state index is 9.55. The van der Waals surface area contributed by atoms with Crippen LogP contribution in [0.4, 0.5) is 0 Å². The van der Waals surface area contributed by atoms with E-state index in [2.05, 4.69) is 96.9 Å². The predicted octanol–water partition coefficient (Wildman–Crippen LogP) is 5.38. The lowest BCUT2D eigenvalue weighted by Gasteiger charge is -2.17. The van der Waals surface area contributed by atoms with Gasteiger partial charge in [-0.2, -0.15) is 0 Å². The maximum atomic E-state index is 9.55. The van der Waals surface area contributed by atoms with Gasteiger partial charge in [-0.05, 0) is 42.3 Å². The highest BCUT2D eigenvalue weighted by Crippen LogP contribution is 2.23. The molecule has 0 radical (unpaired) electrons. The van der Waals surface area contributed by atoms with Crippen molar-refractivity contribution in [3.05, 3.63) is 90.0 Å². The van der Waals surface area contributed by atoms with Crippen LogP contribution in [-0.2, 0) is 14.4 Å². The monoisotopic (exact) mass is 508 g/mol. The van der Waals surface area contributed by atoms with Crippen molar-refractivity contribution in [3.63, 3.8) is 0 Å². The summed E-state index contributed by atoms with van der Waals surface area (Å²) in [7, 11) is 0. The number of oxime groups is 1. The molecular weight excluding hydrogens is 476 g/mol. The van der Waals surface area contributed by atoms with Crippen molar-refractivity contribution in [2.75, 3.05) is 32.5 Å². The fourth-order valence-electron chi connectivity index (χ4n) is 3.40. The van der Waals surface area contributed by atoms with Crippen molar-refractivity contribution in [3.8, 4) is 0 Å². The summed E-state index contributed by atoms with van der Waals surface area (Å²) in [5.41, 5.74) is 3.04. The van der Waals surface area contributed by atoms with Crippen molar-refractivity contribution < 1.29 is 24.6 Å². The number of carboxylic acids is 2. The Hall–Kier alpha value is -3.62. The SMILES string of the molecule is CCN(CC)CCO/N=C(\c1ccc(SC)cc1)c1cccc2ccccc12.O=C(O)/C=C/C(=O)O. The second-order valence-corrected chi connectivity index (χ2v) is 8.44. The second-order valence-electron chi connectivity index (χ2n) is 7.57. The molecule has 0 bridgehead atoms. The normalized spacial score (nSPS) is 11.4. The molecule has 190 valence electrons. The van der Waals surface area contributed by atoms with Gasteiger partial charge in [-0.15, -0.1) is 11.8 Å². The number of hydrogen-bond donors (Lipinski definition) is 2. The standard InChI is InChI=1S/C24H28N2OS.C4H4O4/c1-4-26(5-2)17-18-27-25-24(20-13-15-21(28-3)16-14-20)23-12-8-10-19-9-6-7-11-22(19)23;5-3(6)1-2-4(7)8/h6-16H,4-5,17-18H2,1-3H3;1-2H,(H,5,6)(H,7,8)/b25-24+;2-1+. The first-order chi connectivity index (χ1) is 17.4. The Bertz CT molecular complexity index is 1170. The topological polar surface area (TPSA) is 99.4 Å². The Morgan fingerprint density at radius 1 is 0.917 bits per heavy atom. The molecule has 0 saturated heterocycles. The van der Waals surface area contributed by atoms with Gasteiger partial charge in [-0.3, -0.25) is 0 Å². The lowest BCUT2D eigenvalue weighted by atomic mass is 9.97. The van der Waals surface area contributed by atoms with Crippen LogP contribution in [0.15, 0.2) is 88.9 Å². The summed E-state index contributed by atoms with van der Waals surface area (Å²) in [6, 6.07) is 23.3. The summed E-state index contributed by atoms with van der Waals surface area (Å²) >= 11 is 1.74. The number of aliphatic carboxylic acids is 2. The largest absolute Gasteiger partial charge is 0.478 e. The van der Waals surface area contributed by atoms with Crippen LogP contribution >= 0.6 is 11.8 Å². The molecule has 0 aliphatic heterocycles. The Labute approximate surface area is 216 Å². The van der Waals surface area contributed by atoms with Crippen LogP contribution in [0.2, 0.25) is 0 Å². The fourth-order valence-corrected chi connectivity index (χ4v) is 3.81. The molecule has 0 heterocycles. The van der Waals surface area contributed by atoms with Gasteiger partial charge in [-0.1, -0.05) is 73.6 Å². The summed E-state index contributed by atoms with van der Waals surface area (Å²) in [4.78, 5) is 28.5. The second kappa shape index (κ2) is 15.4. The van der Waals surface area contributed by atoms with Gasteiger partial charge in [0.25, 0.3) is 0 Å². The van der Waals surface area contributed by atoms with Crippen LogP contribution in [-0.4, -0.2) is 65.3 Å². The number of rotatable bonds is 11. The van der Waals surface area contributed by atoms with E-state index >= 15 is 0 Å². The van der Waals surface area contributed by atoms with Crippen LogP contribution in [0, 0.1) is 0 Å². The van der Waals surface area contributed by atoms with Gasteiger partial charge in [0.1, 0.15) is 12.3 Å². The molecule has 0 aliphatic rings. The minimum atomic E-state index is -1.26. The van der Waals surface area contributed by atoms with Gasteiger partial charge in [0.15, 0.2) is 0 Å². The molecule has 0 aromatic heterocycles. The van der Waals surface area contributed by atoms with Gasteiger partial charge in [0.2, 0.25) is 0 Å². The van der Waals surface area contributed by atoms with Crippen molar-refractivity contribution in [1.29, 1.82) is 0 Å². The van der Waals surface area contributed by atoms with E-state index in [4.69, 9.17) is 15.1 Å². The van der Waals surface area contributed by atoms with Crippen LogP contribution in [0.25, 0.3) is 10.8 Å². The number of carbonyl (C=O) groups is 2. The van der Waals surface area contributed by atoms with Gasteiger partial charge >= 0.3 is 11.9 Å². The lowest BCUT2D eigenvalue weighted by molar-refractivity contribution is -0.134. The zero-order chi connectivity index (χ0) is 26.3. The quantitative estimate of drug-likeness (QED) is 0.118. The highest BCUT2D eigenvalue weighted by Gasteiger charge is 2.12. The zero-order valence-corrected chi connectivity index (χ0v) is 21.6. The van der Waals surface area contributed by atoms with Crippen molar-refractivity contribution in [2.24, 2.45) is 5.16 Å². The maximum Gasteiger partial charge on any atom is 0.328 e. The van der Waals surface area contributed by atoms with Gasteiger partial charge in [0, 0.05) is 34.7 Å². The number of fused-ring (bicyclic) bond motifs is 1. The van der Waals surface area contributed by atoms with E-state index in [1.165, 1.54) is 15.7 Å². The van der Waals surface area contributed by atoms with Gasteiger partial charge in [-0.25, -0.2) is 9.59 Å². The van der Waals surface area contributed by atoms with Crippen LogP contribution in [0.3, 0.4) is 0 Å². The molecule has 3 aromatic carbocycles. The van der Waals surface area contributed by atoms with E-state index in [-0.39, 0.29) is 0 Å². The van der Waals surface area contributed by atoms with E-state index in [0.717, 1.165) is 36.5 Å². The van der Waals surface area contributed by atoms with E-state index < -0.39 is 11.9 Å². The average molecular weight is 509 g/mol. The summed E-state index contributed by atoms with van der Waals surface area (Å²) in [6.45, 7) is 7.85. The minimum absolute atomic E-state index is 0.558. The number of carboxylic acid groups (broad SMARTS) is 2. The van der Waals surface area contributed by atoms with Crippen LogP contribution in [0.1, 0.15) is 25.0 Å². The number of likely N-dealkylation sites (N-methyl/N-ethyl adjacent to an activating group) is 1. The molecule has 0 amide bonds. The summed E-state index contributed by atoms with van der Waals surface area (Å²) in [5.74, 6) is -2.51. The lowest BCUT2D eigenvalue weighted by Crippen LogP contribution is -2.26. The molecule has 0 spiro atoms. The van der Waals surface area contributed by atoms with E-state index in [1.807, 2.05) is 0 Å². The van der Waals surface area contributed by atoms with E-state index in [9.17, 15) is 9.59 Å². The highest BCUT2D eigenvalue weighted by molar-refractivity contribution is 7.98. The number of thioether (sulfide) groups is 1. The molecular formula is C28H32N2O5S. The molecule has 36 heavy (non-hydrogen) atoms. The van der Waals surface area contributed by atoms with Crippen LogP contribution in [0.5, 0.6) is 0 Å². The first-order valence-electron chi connectivity index (χ1n) is 11.6. The average Bonchev–Trinajstić information content (AvgIpc) is 2.90. The van der Waals surface area contributed by atoms with E-state index in [0.29, 0.717) is 18.8 Å². The van der Waals surface area contributed by atoms with Gasteiger partial charge in [0.05, 0.1) is 0 Å². The van der Waals surface area contributed by atoms with Crippen molar-refractivity contribution in [1.82, 2.24) is 4.90 Å². The smallest absolute Gasteiger partial charge is 0.328 e. The molecule has 0 atom stereocenters. The Morgan fingerprint density at radius 3 is 2.11 bits per heavy atom. The third kappa shape index (κ3) is 9.20. The number of nitrogens with zero attached hydrogens (tertiary/aromatic N) is 2. The first-order valence-corrected chi connectivity index (χ1v) is 12.8. The molecule has 3 rings (SSSR count). The summed E-state index contributed by atoms with van der Waals surface area (Å²) < 4.78 is 0. The molecule has 8 heteroatoms. The van der Waals surface area contributed by atoms with Crippen molar-refractivity contribution >= 4 is 40.2 Å². The fraction of sp³-hybridized carbons (Fsp3) is 0.250. The van der Waals surface area contributed by atoms with Crippen LogP contribution < -0.4 is 0 Å². The number of hydrogen-bond acceptors (Lipinski definition) is 6. The molecule has 7 nitrogen and oxygen atoms in total.